The van der Waals surface area contributed by atoms with Gasteiger partial charge in [-0.2, -0.15) is 0 Å². The largest absolute Gasteiger partial charge is 0.345 e. The second-order valence-electron chi connectivity index (χ2n) is 10.4. The molecule has 5 aromatic rings. The van der Waals surface area contributed by atoms with Crippen molar-refractivity contribution in [2.24, 2.45) is 5.92 Å². The van der Waals surface area contributed by atoms with Crippen LogP contribution in [0.15, 0.2) is 120 Å². The van der Waals surface area contributed by atoms with Crippen LogP contribution in [-0.2, 0) is 17.0 Å². The number of aromatic nitrogens is 3. The number of carbonyl (C=O) groups is 1. The predicted octanol–water partition coefficient (Wildman–Crippen LogP) is 7.07. The van der Waals surface area contributed by atoms with E-state index in [-0.39, 0.29) is 23.8 Å². The monoisotopic (exact) mass is 544 g/mol. The van der Waals surface area contributed by atoms with Crippen LogP contribution in [0.1, 0.15) is 46.5 Å². The Bertz CT molecular complexity index is 1550. The van der Waals surface area contributed by atoms with Crippen molar-refractivity contribution < 1.29 is 4.79 Å². The Morgan fingerprint density at radius 2 is 1.48 bits per heavy atom. The van der Waals surface area contributed by atoms with Crippen molar-refractivity contribution >= 4 is 17.7 Å². The van der Waals surface area contributed by atoms with Gasteiger partial charge in [-0.25, -0.2) is 0 Å². The molecule has 1 N–H and O–H groups in total. The third-order valence-corrected chi connectivity index (χ3v) is 8.43. The standard InChI is InChI=1S/C34H32N4OS/c1-24-17-19-28(20-18-24)38-32(36-37-34(38)40-23-26-13-7-3-8-14-26)31(21-25-11-5-2-6-12-25)35-33(39)30-22-29(30)27-15-9-4-10-16-27/h2-20,29-31H,21-23H2,1H3,(H,35,39). The normalized spacial score (nSPS) is 16.8. The zero-order valence-corrected chi connectivity index (χ0v) is 23.3. The zero-order valence-electron chi connectivity index (χ0n) is 22.5. The number of thioether (sulfide) groups is 1. The number of rotatable bonds is 10. The molecule has 1 aliphatic rings. The second kappa shape index (κ2) is 11.9. The molecule has 0 radical (unpaired) electrons. The molecule has 6 rings (SSSR count). The molecule has 1 heterocycles. The molecule has 3 unspecified atom stereocenters. The number of hydrogen-bond acceptors (Lipinski definition) is 4. The van der Waals surface area contributed by atoms with Crippen LogP contribution in [0.2, 0.25) is 0 Å². The Labute approximate surface area is 239 Å². The van der Waals surface area contributed by atoms with Crippen molar-refractivity contribution in [1.29, 1.82) is 0 Å². The first-order chi connectivity index (χ1) is 19.7. The summed E-state index contributed by atoms with van der Waals surface area (Å²) in [6.45, 7) is 2.08. The van der Waals surface area contributed by atoms with Crippen molar-refractivity contribution in [3.8, 4) is 5.69 Å². The lowest BCUT2D eigenvalue weighted by Gasteiger charge is -2.20. The summed E-state index contributed by atoms with van der Waals surface area (Å²) < 4.78 is 2.11. The van der Waals surface area contributed by atoms with Crippen LogP contribution in [0.5, 0.6) is 0 Å². The smallest absolute Gasteiger partial charge is 0.224 e. The maximum absolute atomic E-state index is 13.6. The highest BCUT2D eigenvalue weighted by atomic mass is 32.2. The minimum atomic E-state index is -0.327. The minimum absolute atomic E-state index is 0.0247. The van der Waals surface area contributed by atoms with Crippen LogP contribution < -0.4 is 5.32 Å². The molecular formula is C34H32N4OS. The number of carbonyl (C=O) groups excluding carboxylic acids is 1. The van der Waals surface area contributed by atoms with Gasteiger partial charge in [0.05, 0.1) is 6.04 Å². The molecular weight excluding hydrogens is 512 g/mol. The van der Waals surface area contributed by atoms with E-state index in [1.165, 1.54) is 16.7 Å². The van der Waals surface area contributed by atoms with Crippen molar-refractivity contribution in [1.82, 2.24) is 20.1 Å². The number of benzene rings is 4. The first-order valence-corrected chi connectivity index (χ1v) is 14.7. The highest BCUT2D eigenvalue weighted by Gasteiger charge is 2.44. The summed E-state index contributed by atoms with van der Waals surface area (Å²) in [7, 11) is 0. The van der Waals surface area contributed by atoms with Gasteiger partial charge < -0.3 is 5.32 Å². The molecule has 1 saturated carbocycles. The van der Waals surface area contributed by atoms with Crippen LogP contribution in [0.25, 0.3) is 5.69 Å². The number of amides is 1. The number of nitrogens with one attached hydrogen (secondary N) is 1. The molecule has 1 aromatic heterocycles. The lowest BCUT2D eigenvalue weighted by molar-refractivity contribution is -0.123. The number of hydrogen-bond donors (Lipinski definition) is 1. The van der Waals surface area contributed by atoms with Gasteiger partial charge in [0.25, 0.3) is 0 Å². The van der Waals surface area contributed by atoms with Gasteiger partial charge in [0.2, 0.25) is 5.91 Å². The first kappa shape index (κ1) is 26.1. The fraction of sp³-hybridized carbons (Fsp3) is 0.206. The molecule has 40 heavy (non-hydrogen) atoms. The third-order valence-electron chi connectivity index (χ3n) is 7.43. The molecule has 0 saturated heterocycles. The van der Waals surface area contributed by atoms with E-state index in [9.17, 15) is 4.79 Å². The summed E-state index contributed by atoms with van der Waals surface area (Å²) in [6.07, 6.45) is 1.50. The average Bonchev–Trinajstić information content (AvgIpc) is 3.70. The van der Waals surface area contributed by atoms with Gasteiger partial charge in [-0.3, -0.25) is 9.36 Å². The summed E-state index contributed by atoms with van der Waals surface area (Å²) in [5.41, 5.74) is 5.76. The molecule has 6 heteroatoms. The fourth-order valence-electron chi connectivity index (χ4n) is 5.15. The van der Waals surface area contributed by atoms with Crippen LogP contribution >= 0.6 is 11.8 Å². The Hall–Kier alpha value is -4.16. The van der Waals surface area contributed by atoms with E-state index >= 15 is 0 Å². The van der Waals surface area contributed by atoms with E-state index in [2.05, 4.69) is 94.7 Å². The Kier molecular flexibility index (Phi) is 7.78. The molecule has 200 valence electrons. The van der Waals surface area contributed by atoms with Gasteiger partial charge in [0.15, 0.2) is 11.0 Å². The first-order valence-electron chi connectivity index (χ1n) is 13.7. The Balaban J connectivity index is 1.32. The lowest BCUT2D eigenvalue weighted by Crippen LogP contribution is -2.33. The SMILES string of the molecule is Cc1ccc(-n2c(SCc3ccccc3)nnc2C(Cc2ccccc2)NC(=O)C2CC2c2ccccc2)cc1. The maximum Gasteiger partial charge on any atom is 0.224 e. The van der Waals surface area contributed by atoms with Crippen molar-refractivity contribution in [2.75, 3.05) is 0 Å². The molecule has 3 atom stereocenters. The Morgan fingerprint density at radius 3 is 2.15 bits per heavy atom. The molecule has 0 bridgehead atoms. The van der Waals surface area contributed by atoms with Crippen LogP contribution in [0.3, 0.4) is 0 Å². The average molecular weight is 545 g/mol. The van der Waals surface area contributed by atoms with Gasteiger partial charge in [-0.15, -0.1) is 10.2 Å². The van der Waals surface area contributed by atoms with E-state index in [1.54, 1.807) is 11.8 Å². The van der Waals surface area contributed by atoms with Gasteiger partial charge >= 0.3 is 0 Å². The summed E-state index contributed by atoms with van der Waals surface area (Å²) in [4.78, 5) is 13.6. The van der Waals surface area contributed by atoms with Gasteiger partial charge in [0.1, 0.15) is 0 Å². The number of aryl methyl sites for hydroxylation is 1. The molecule has 1 amide bonds. The van der Waals surface area contributed by atoms with Crippen LogP contribution in [0.4, 0.5) is 0 Å². The third kappa shape index (κ3) is 6.02. The summed E-state index contributed by atoms with van der Waals surface area (Å²) >= 11 is 1.66. The van der Waals surface area contributed by atoms with E-state index in [4.69, 9.17) is 5.10 Å². The van der Waals surface area contributed by atoms with E-state index < -0.39 is 0 Å². The Morgan fingerprint density at radius 1 is 0.850 bits per heavy atom. The molecule has 0 spiro atoms. The fourth-order valence-corrected chi connectivity index (χ4v) is 6.06. The van der Waals surface area contributed by atoms with E-state index in [0.717, 1.165) is 34.4 Å². The van der Waals surface area contributed by atoms with E-state index in [0.29, 0.717) is 6.42 Å². The van der Waals surface area contributed by atoms with Crippen molar-refractivity contribution in [3.63, 3.8) is 0 Å². The number of nitrogens with zero attached hydrogens (tertiary/aromatic N) is 3. The van der Waals surface area contributed by atoms with Gasteiger partial charge in [-0.05, 0) is 54.5 Å². The highest BCUT2D eigenvalue weighted by molar-refractivity contribution is 7.98. The predicted molar refractivity (Wildman–Crippen MR) is 160 cm³/mol. The second-order valence-corrected chi connectivity index (χ2v) is 11.3. The highest BCUT2D eigenvalue weighted by Crippen LogP contribution is 2.47. The van der Waals surface area contributed by atoms with E-state index in [1.807, 2.05) is 42.5 Å². The maximum atomic E-state index is 13.6. The van der Waals surface area contributed by atoms with Crippen LogP contribution in [-0.4, -0.2) is 20.7 Å². The molecule has 5 nitrogen and oxygen atoms in total. The summed E-state index contributed by atoms with van der Waals surface area (Å²) in [5.74, 6) is 1.84. The van der Waals surface area contributed by atoms with Crippen molar-refractivity contribution in [2.45, 2.75) is 42.6 Å². The minimum Gasteiger partial charge on any atom is -0.345 e. The van der Waals surface area contributed by atoms with Gasteiger partial charge in [0, 0.05) is 17.4 Å². The molecule has 4 aromatic carbocycles. The summed E-state index contributed by atoms with van der Waals surface area (Å²) in [6, 6.07) is 39.1. The molecule has 1 fully saturated rings. The van der Waals surface area contributed by atoms with Gasteiger partial charge in [-0.1, -0.05) is 120 Å². The quantitative estimate of drug-likeness (QED) is 0.191. The van der Waals surface area contributed by atoms with Crippen molar-refractivity contribution in [3.05, 3.63) is 143 Å². The summed E-state index contributed by atoms with van der Waals surface area (Å²) in [5, 5.41) is 13.5. The van der Waals surface area contributed by atoms with Crippen LogP contribution in [0, 0.1) is 12.8 Å². The molecule has 1 aliphatic carbocycles. The zero-order chi connectivity index (χ0) is 27.3. The lowest BCUT2D eigenvalue weighted by atomic mass is 10.0. The molecule has 0 aliphatic heterocycles. The topological polar surface area (TPSA) is 59.8 Å².